The van der Waals surface area contributed by atoms with E-state index in [0.29, 0.717) is 6.54 Å². The van der Waals surface area contributed by atoms with E-state index in [9.17, 15) is 24.8 Å². The molecule has 0 spiro atoms. The zero-order chi connectivity index (χ0) is 24.0. The minimum atomic E-state index is -1.10. The third-order valence-electron chi connectivity index (χ3n) is 5.91. The summed E-state index contributed by atoms with van der Waals surface area (Å²) in [6, 6.07) is 13.9. The molecule has 1 amide bonds. The quantitative estimate of drug-likeness (QED) is 0.334. The summed E-state index contributed by atoms with van der Waals surface area (Å²) in [5, 5.41) is 24.7. The minimum absolute atomic E-state index is 0.160. The molecule has 1 heterocycles. The molecular formula is C25H27N3O5. The molecule has 0 radical (unpaired) electrons. The maximum absolute atomic E-state index is 13.1. The van der Waals surface area contributed by atoms with Crippen LogP contribution in [0.25, 0.3) is 6.08 Å². The van der Waals surface area contributed by atoms with Gasteiger partial charge in [0.1, 0.15) is 0 Å². The minimum Gasteiger partial charge on any atom is -0.868 e. The highest BCUT2D eigenvalue weighted by Gasteiger charge is 2.41. The van der Waals surface area contributed by atoms with Crippen molar-refractivity contribution in [3.05, 3.63) is 93.2 Å². The van der Waals surface area contributed by atoms with Gasteiger partial charge >= 0.3 is 0 Å². The Morgan fingerprint density at radius 2 is 1.73 bits per heavy atom. The van der Waals surface area contributed by atoms with Crippen LogP contribution in [0.2, 0.25) is 0 Å². The maximum atomic E-state index is 13.1. The van der Waals surface area contributed by atoms with Crippen LogP contribution < -0.4 is 10.0 Å². The molecular weight excluding hydrogens is 422 g/mol. The summed E-state index contributed by atoms with van der Waals surface area (Å²) in [5.41, 5.74) is 0.429. The van der Waals surface area contributed by atoms with Crippen LogP contribution in [0.3, 0.4) is 0 Å². The van der Waals surface area contributed by atoms with Crippen LogP contribution in [0.4, 0.5) is 5.69 Å². The highest BCUT2D eigenvalue weighted by molar-refractivity contribution is 6.14. The highest BCUT2D eigenvalue weighted by Crippen LogP contribution is 2.40. The van der Waals surface area contributed by atoms with Gasteiger partial charge in [-0.2, -0.15) is 0 Å². The van der Waals surface area contributed by atoms with Gasteiger partial charge in [0.2, 0.25) is 5.91 Å². The standard InChI is InChI=1S/C25H27N3O5/c1-3-26(4-2)16-17-27-23(19-12-8-9-13-20(19)28(32)33)22(24(30)25(27)31)21(29)15-14-18-10-6-5-7-11-18/h5-15,23,30H,3-4,16-17H2,1-2H3/b15-14+/t23-/m0/s1. The fraction of sp³-hybridized carbons (Fsp3) is 0.280. The van der Waals surface area contributed by atoms with Crippen molar-refractivity contribution < 1.29 is 24.5 Å². The number of nitro benzene ring substituents is 1. The molecule has 0 unspecified atom stereocenters. The lowest BCUT2D eigenvalue weighted by molar-refractivity contribution is -0.895. The number of nitrogens with zero attached hydrogens (tertiary/aromatic N) is 2. The van der Waals surface area contributed by atoms with E-state index in [-0.39, 0.29) is 23.4 Å². The Kier molecular flexibility index (Phi) is 7.74. The fourth-order valence-electron chi connectivity index (χ4n) is 4.04. The third-order valence-corrected chi connectivity index (χ3v) is 5.91. The molecule has 0 bridgehead atoms. The van der Waals surface area contributed by atoms with Crippen LogP contribution in [0.5, 0.6) is 0 Å². The number of hydrogen-bond donors (Lipinski definition) is 1. The summed E-state index contributed by atoms with van der Waals surface area (Å²) in [4.78, 5) is 39.7. The first-order valence-corrected chi connectivity index (χ1v) is 11.0. The predicted octanol–water partition coefficient (Wildman–Crippen LogP) is 1.30. The molecule has 0 fully saturated rings. The number of allylic oxidation sites excluding steroid dienone is 1. The number of hydrogen-bond acceptors (Lipinski definition) is 5. The molecule has 1 aliphatic rings. The van der Waals surface area contributed by atoms with Gasteiger partial charge in [0.25, 0.3) is 5.69 Å². The molecule has 1 aliphatic heterocycles. The van der Waals surface area contributed by atoms with Gasteiger partial charge in [0.05, 0.1) is 42.7 Å². The lowest BCUT2D eigenvalue weighted by Crippen LogP contribution is -3.12. The number of likely N-dealkylation sites (N-methyl/N-ethyl adjacent to an activating group) is 1. The van der Waals surface area contributed by atoms with E-state index in [2.05, 4.69) is 0 Å². The number of rotatable bonds is 10. The second kappa shape index (κ2) is 10.7. The average Bonchev–Trinajstić information content (AvgIpc) is 3.08. The van der Waals surface area contributed by atoms with Crippen LogP contribution in [0.1, 0.15) is 31.0 Å². The number of ketones is 1. The monoisotopic (exact) mass is 449 g/mol. The van der Waals surface area contributed by atoms with Crippen molar-refractivity contribution in [1.82, 2.24) is 4.90 Å². The van der Waals surface area contributed by atoms with Crippen LogP contribution in [0, 0.1) is 10.1 Å². The molecule has 33 heavy (non-hydrogen) atoms. The maximum Gasteiger partial charge on any atom is 0.275 e. The second-order valence-electron chi connectivity index (χ2n) is 7.78. The van der Waals surface area contributed by atoms with Crippen molar-refractivity contribution in [3.8, 4) is 0 Å². The number of para-hydroxylation sites is 1. The molecule has 8 heteroatoms. The van der Waals surface area contributed by atoms with E-state index in [0.717, 1.165) is 18.7 Å². The largest absolute Gasteiger partial charge is 0.868 e. The average molecular weight is 450 g/mol. The van der Waals surface area contributed by atoms with Crippen molar-refractivity contribution in [2.24, 2.45) is 0 Å². The van der Waals surface area contributed by atoms with E-state index >= 15 is 0 Å². The smallest absolute Gasteiger partial charge is 0.275 e. The Hall–Kier alpha value is -3.78. The summed E-state index contributed by atoms with van der Waals surface area (Å²) >= 11 is 0. The van der Waals surface area contributed by atoms with Gasteiger partial charge in [-0.15, -0.1) is 0 Å². The molecule has 3 rings (SSSR count). The van der Waals surface area contributed by atoms with Gasteiger partial charge in [0, 0.05) is 11.6 Å². The van der Waals surface area contributed by atoms with E-state index in [1.807, 2.05) is 32.0 Å². The molecule has 8 nitrogen and oxygen atoms in total. The molecule has 0 saturated carbocycles. The SMILES string of the molecule is CC[NH+](CC)CCN1C(=O)C([O-])=C(C(=O)/C=C/c2ccccc2)[C@@H]1c1ccccc1[N+](=O)[O-]. The van der Waals surface area contributed by atoms with Gasteiger partial charge in [-0.1, -0.05) is 48.5 Å². The van der Waals surface area contributed by atoms with Crippen LogP contribution in [-0.2, 0) is 9.59 Å². The number of amides is 1. The van der Waals surface area contributed by atoms with E-state index < -0.39 is 28.4 Å². The van der Waals surface area contributed by atoms with Gasteiger partial charge in [-0.25, -0.2) is 0 Å². The summed E-state index contributed by atoms with van der Waals surface area (Å²) in [6.45, 7) is 6.47. The van der Waals surface area contributed by atoms with E-state index in [4.69, 9.17) is 0 Å². The summed E-state index contributed by atoms with van der Waals surface area (Å²) in [7, 11) is 0. The Balaban J connectivity index is 2.04. The molecule has 0 aliphatic carbocycles. The number of nitro groups is 1. The van der Waals surface area contributed by atoms with Gasteiger partial charge in [0.15, 0.2) is 5.78 Å². The van der Waals surface area contributed by atoms with Crippen molar-refractivity contribution >= 4 is 23.5 Å². The summed E-state index contributed by atoms with van der Waals surface area (Å²) in [6.07, 6.45) is 2.81. The molecule has 2 aromatic carbocycles. The van der Waals surface area contributed by atoms with Crippen LogP contribution in [-0.4, -0.2) is 47.7 Å². The van der Waals surface area contributed by atoms with Crippen LogP contribution in [0.15, 0.2) is 72.0 Å². The fourth-order valence-corrected chi connectivity index (χ4v) is 4.04. The van der Waals surface area contributed by atoms with Gasteiger partial charge in [-0.05, 0) is 37.3 Å². The zero-order valence-electron chi connectivity index (χ0n) is 18.7. The first kappa shape index (κ1) is 23.9. The molecule has 0 saturated heterocycles. The Morgan fingerprint density at radius 3 is 2.36 bits per heavy atom. The van der Waals surface area contributed by atoms with Crippen molar-refractivity contribution in [3.63, 3.8) is 0 Å². The van der Waals surface area contributed by atoms with Crippen molar-refractivity contribution in [2.45, 2.75) is 19.9 Å². The third kappa shape index (κ3) is 5.18. The number of carbonyl (C=O) groups is 2. The van der Waals surface area contributed by atoms with Gasteiger partial charge in [-0.3, -0.25) is 19.7 Å². The topological polar surface area (TPSA) is 108 Å². The molecule has 0 aromatic heterocycles. The van der Waals surface area contributed by atoms with Crippen LogP contribution >= 0.6 is 0 Å². The lowest BCUT2D eigenvalue weighted by Gasteiger charge is -2.28. The number of carbonyl (C=O) groups excluding carboxylic acids is 2. The molecule has 1 atom stereocenters. The molecule has 1 N–H and O–H groups in total. The lowest BCUT2D eigenvalue weighted by atomic mass is 9.94. The Labute approximate surface area is 192 Å². The summed E-state index contributed by atoms with van der Waals surface area (Å²) in [5.74, 6) is -2.34. The zero-order valence-corrected chi connectivity index (χ0v) is 18.7. The normalized spacial score (nSPS) is 16.3. The van der Waals surface area contributed by atoms with Crippen molar-refractivity contribution in [2.75, 3.05) is 26.2 Å². The first-order valence-electron chi connectivity index (χ1n) is 11.0. The number of benzene rings is 2. The number of nitrogens with one attached hydrogen (secondary N) is 1. The Morgan fingerprint density at radius 1 is 1.09 bits per heavy atom. The Bertz CT molecular complexity index is 1090. The van der Waals surface area contributed by atoms with Gasteiger partial charge < -0.3 is 14.9 Å². The van der Waals surface area contributed by atoms with Crippen molar-refractivity contribution in [1.29, 1.82) is 0 Å². The van der Waals surface area contributed by atoms with E-state index in [1.54, 1.807) is 24.3 Å². The number of quaternary nitrogens is 1. The van der Waals surface area contributed by atoms with E-state index in [1.165, 1.54) is 34.1 Å². The molecule has 2 aromatic rings. The first-order chi connectivity index (χ1) is 15.9. The summed E-state index contributed by atoms with van der Waals surface area (Å²) < 4.78 is 0. The highest BCUT2D eigenvalue weighted by atomic mass is 16.6. The second-order valence-corrected chi connectivity index (χ2v) is 7.78. The molecule has 172 valence electrons. The predicted molar refractivity (Wildman–Crippen MR) is 122 cm³/mol.